The molecule has 2 N–H and O–H groups in total. The normalized spacial score (nSPS) is 25.1. The Balaban J connectivity index is 2.57. The van der Waals surface area contributed by atoms with Crippen molar-refractivity contribution in [2.75, 3.05) is 19.6 Å². The summed E-state index contributed by atoms with van der Waals surface area (Å²) in [6, 6.07) is 0.363. The molecular weight excluding hydrogens is 216 g/mol. The van der Waals surface area contributed by atoms with Crippen molar-refractivity contribution in [2.45, 2.75) is 52.1 Å². The third kappa shape index (κ3) is 5.04. The number of nitrogens with zero attached hydrogens (tertiary/aromatic N) is 1. The molecule has 0 spiro atoms. The predicted octanol–water partition coefficient (Wildman–Crippen LogP) is 1.56. The van der Waals surface area contributed by atoms with Gasteiger partial charge >= 0.3 is 5.97 Å². The quantitative estimate of drug-likeness (QED) is 0.768. The Hall–Kier alpha value is -0.610. The van der Waals surface area contributed by atoms with Crippen molar-refractivity contribution in [1.29, 1.82) is 0 Å². The number of carboxylic acids is 1. The molecule has 1 atom stereocenters. The summed E-state index contributed by atoms with van der Waals surface area (Å²) < 4.78 is 0. The molecule has 100 valence electrons. The molecule has 4 nitrogen and oxygen atoms in total. The van der Waals surface area contributed by atoms with E-state index in [1.165, 1.54) is 0 Å². The van der Waals surface area contributed by atoms with Crippen molar-refractivity contribution in [3.8, 4) is 0 Å². The second-order valence-corrected chi connectivity index (χ2v) is 6.17. The Morgan fingerprint density at radius 1 is 1.53 bits per heavy atom. The van der Waals surface area contributed by atoms with Gasteiger partial charge in [0.2, 0.25) is 0 Å². The van der Waals surface area contributed by atoms with Gasteiger partial charge < -0.3 is 10.4 Å². The molecule has 0 aromatic rings. The molecule has 0 radical (unpaired) electrons. The summed E-state index contributed by atoms with van der Waals surface area (Å²) in [4.78, 5) is 13.1. The average Bonchev–Trinajstić information content (AvgIpc) is 2.14. The van der Waals surface area contributed by atoms with Crippen LogP contribution in [0.2, 0.25) is 0 Å². The third-order valence-corrected chi connectivity index (χ3v) is 3.22. The summed E-state index contributed by atoms with van der Waals surface area (Å²) in [6.45, 7) is 11.8. The molecule has 1 heterocycles. The fourth-order valence-corrected chi connectivity index (χ4v) is 2.47. The molecule has 4 heteroatoms. The maximum Gasteiger partial charge on any atom is 0.303 e. The lowest BCUT2D eigenvalue weighted by molar-refractivity contribution is -0.137. The Labute approximate surface area is 104 Å². The van der Waals surface area contributed by atoms with Gasteiger partial charge in [-0.1, -0.05) is 13.8 Å². The molecule has 1 aliphatic heterocycles. The molecule has 0 aromatic carbocycles. The number of carboxylic acid groups (broad SMARTS) is 1. The summed E-state index contributed by atoms with van der Waals surface area (Å²) in [6.07, 6.45) is 1.01. The largest absolute Gasteiger partial charge is 0.481 e. The highest BCUT2D eigenvalue weighted by molar-refractivity contribution is 5.66. The zero-order chi connectivity index (χ0) is 13.1. The average molecular weight is 242 g/mol. The fourth-order valence-electron chi connectivity index (χ4n) is 2.47. The number of hydrogen-bond acceptors (Lipinski definition) is 3. The fraction of sp³-hybridized carbons (Fsp3) is 0.923. The van der Waals surface area contributed by atoms with Crippen LogP contribution in [0.5, 0.6) is 0 Å². The van der Waals surface area contributed by atoms with Crippen molar-refractivity contribution >= 4 is 5.97 Å². The summed E-state index contributed by atoms with van der Waals surface area (Å²) in [5, 5.41) is 12.3. The monoisotopic (exact) mass is 242 g/mol. The number of rotatable bonds is 5. The van der Waals surface area contributed by atoms with Gasteiger partial charge in [-0.25, -0.2) is 0 Å². The van der Waals surface area contributed by atoms with Crippen LogP contribution >= 0.6 is 0 Å². The third-order valence-electron chi connectivity index (χ3n) is 3.22. The standard InChI is InChI=1S/C13H26N2O2/c1-10(2)8-15-9-13(3,4)14-7-11(15)5-6-12(16)17/h10-11,14H,5-9H2,1-4H3,(H,16,17). The van der Waals surface area contributed by atoms with Gasteiger partial charge in [-0.3, -0.25) is 9.69 Å². The summed E-state index contributed by atoms with van der Waals surface area (Å²) in [7, 11) is 0. The first kappa shape index (κ1) is 14.5. The molecule has 0 aliphatic carbocycles. The summed E-state index contributed by atoms with van der Waals surface area (Å²) in [5.74, 6) is -0.0736. The van der Waals surface area contributed by atoms with Gasteiger partial charge in [-0.15, -0.1) is 0 Å². The van der Waals surface area contributed by atoms with E-state index >= 15 is 0 Å². The first-order chi connectivity index (χ1) is 7.80. The Morgan fingerprint density at radius 3 is 2.71 bits per heavy atom. The van der Waals surface area contributed by atoms with E-state index in [4.69, 9.17) is 5.11 Å². The van der Waals surface area contributed by atoms with E-state index in [-0.39, 0.29) is 12.0 Å². The lowest BCUT2D eigenvalue weighted by Gasteiger charge is -2.45. The van der Waals surface area contributed by atoms with Gasteiger partial charge in [0, 0.05) is 37.6 Å². The second kappa shape index (κ2) is 5.83. The Bertz CT molecular complexity index is 264. The van der Waals surface area contributed by atoms with Crippen molar-refractivity contribution < 1.29 is 9.90 Å². The lowest BCUT2D eigenvalue weighted by atomic mass is 9.95. The van der Waals surface area contributed by atoms with E-state index in [0.717, 1.165) is 26.1 Å². The highest BCUT2D eigenvalue weighted by Crippen LogP contribution is 2.19. The Kier molecular flexibility index (Phi) is 4.95. The van der Waals surface area contributed by atoms with E-state index in [0.29, 0.717) is 12.0 Å². The zero-order valence-corrected chi connectivity index (χ0v) is 11.5. The van der Waals surface area contributed by atoms with Crippen LogP contribution in [0.15, 0.2) is 0 Å². The van der Waals surface area contributed by atoms with Crippen LogP contribution in [-0.2, 0) is 4.79 Å². The van der Waals surface area contributed by atoms with Crippen molar-refractivity contribution in [1.82, 2.24) is 10.2 Å². The van der Waals surface area contributed by atoms with Gasteiger partial charge in [0.05, 0.1) is 0 Å². The number of piperazine rings is 1. The predicted molar refractivity (Wildman–Crippen MR) is 69.2 cm³/mol. The van der Waals surface area contributed by atoms with Gasteiger partial charge in [-0.2, -0.15) is 0 Å². The van der Waals surface area contributed by atoms with E-state index < -0.39 is 5.97 Å². The topological polar surface area (TPSA) is 52.6 Å². The van der Waals surface area contributed by atoms with Crippen LogP contribution in [0.4, 0.5) is 0 Å². The first-order valence-electron chi connectivity index (χ1n) is 6.51. The maximum atomic E-state index is 10.7. The number of nitrogens with one attached hydrogen (secondary N) is 1. The minimum Gasteiger partial charge on any atom is -0.481 e. The van der Waals surface area contributed by atoms with Crippen LogP contribution < -0.4 is 5.32 Å². The van der Waals surface area contributed by atoms with Crippen LogP contribution in [0.3, 0.4) is 0 Å². The summed E-state index contributed by atoms with van der Waals surface area (Å²) in [5.41, 5.74) is 0.134. The number of hydrogen-bond donors (Lipinski definition) is 2. The molecule has 1 saturated heterocycles. The highest BCUT2D eigenvalue weighted by atomic mass is 16.4. The molecule has 1 fully saturated rings. The lowest BCUT2D eigenvalue weighted by Crippen LogP contribution is -2.62. The Morgan fingerprint density at radius 2 is 2.18 bits per heavy atom. The van der Waals surface area contributed by atoms with Gasteiger partial charge in [0.1, 0.15) is 0 Å². The van der Waals surface area contributed by atoms with Crippen molar-refractivity contribution in [2.24, 2.45) is 5.92 Å². The molecule has 1 rings (SSSR count). The molecule has 0 bridgehead atoms. The first-order valence-corrected chi connectivity index (χ1v) is 6.51. The molecular formula is C13H26N2O2. The van der Waals surface area contributed by atoms with E-state index in [2.05, 4.69) is 37.9 Å². The van der Waals surface area contributed by atoms with Gasteiger partial charge in [-0.05, 0) is 26.2 Å². The minimum absolute atomic E-state index is 0.134. The van der Waals surface area contributed by atoms with Crippen LogP contribution in [0.1, 0.15) is 40.5 Å². The molecule has 0 aromatic heterocycles. The van der Waals surface area contributed by atoms with Crippen LogP contribution in [-0.4, -0.2) is 47.2 Å². The van der Waals surface area contributed by atoms with Crippen molar-refractivity contribution in [3.05, 3.63) is 0 Å². The van der Waals surface area contributed by atoms with Gasteiger partial charge in [0.15, 0.2) is 0 Å². The van der Waals surface area contributed by atoms with E-state index in [9.17, 15) is 4.79 Å². The molecule has 0 amide bonds. The van der Waals surface area contributed by atoms with Crippen LogP contribution in [0.25, 0.3) is 0 Å². The minimum atomic E-state index is -0.695. The number of aliphatic carboxylic acids is 1. The molecule has 1 aliphatic rings. The molecule has 17 heavy (non-hydrogen) atoms. The van der Waals surface area contributed by atoms with E-state index in [1.807, 2.05) is 0 Å². The van der Waals surface area contributed by atoms with E-state index in [1.54, 1.807) is 0 Å². The van der Waals surface area contributed by atoms with Crippen molar-refractivity contribution in [3.63, 3.8) is 0 Å². The molecule has 1 unspecified atom stereocenters. The smallest absolute Gasteiger partial charge is 0.303 e. The SMILES string of the molecule is CC(C)CN1CC(C)(C)NCC1CCC(=O)O. The zero-order valence-electron chi connectivity index (χ0n) is 11.5. The highest BCUT2D eigenvalue weighted by Gasteiger charge is 2.32. The molecule has 0 saturated carbocycles. The summed E-state index contributed by atoms with van der Waals surface area (Å²) >= 11 is 0. The second-order valence-electron chi connectivity index (χ2n) is 6.17. The van der Waals surface area contributed by atoms with Crippen LogP contribution in [0, 0.1) is 5.92 Å². The van der Waals surface area contributed by atoms with Gasteiger partial charge in [0.25, 0.3) is 0 Å². The number of carbonyl (C=O) groups is 1. The maximum absolute atomic E-state index is 10.7.